The molecule has 1 aromatic carbocycles. The molecule has 1 fully saturated rings. The number of thioether (sulfide) groups is 1. The van der Waals surface area contributed by atoms with Crippen LogP contribution in [0.15, 0.2) is 35.2 Å². The van der Waals surface area contributed by atoms with Gasteiger partial charge in [-0.05, 0) is 50.5 Å². The van der Waals surface area contributed by atoms with Crippen molar-refractivity contribution in [2.24, 2.45) is 0 Å². The molecule has 1 aliphatic carbocycles. The molecule has 0 aromatic heterocycles. The number of carbonyl (C=O) groups is 1. The Labute approximate surface area is 125 Å². The maximum Gasteiger partial charge on any atom is 0.323 e. The number of hydrogen-bond acceptors (Lipinski definition) is 3. The molecule has 2 rings (SSSR count). The summed E-state index contributed by atoms with van der Waals surface area (Å²) in [5, 5.41) is 12.6. The molecule has 1 aliphatic rings. The normalized spacial score (nSPS) is 17.6. The maximum atomic E-state index is 11.4. The summed E-state index contributed by atoms with van der Waals surface area (Å²) < 4.78 is 0. The van der Waals surface area contributed by atoms with E-state index in [1.54, 1.807) is 0 Å². The SMILES string of the molecule is CC(CCCCSc1ccccc1)(NC1CC1)C(=O)O. The Morgan fingerprint density at radius 2 is 2.05 bits per heavy atom. The summed E-state index contributed by atoms with van der Waals surface area (Å²) in [6, 6.07) is 10.8. The zero-order valence-electron chi connectivity index (χ0n) is 12.0. The minimum atomic E-state index is -0.751. The quantitative estimate of drug-likeness (QED) is 0.540. The summed E-state index contributed by atoms with van der Waals surface area (Å²) in [5.41, 5.74) is -0.751. The van der Waals surface area contributed by atoms with Gasteiger partial charge in [-0.15, -0.1) is 11.8 Å². The molecule has 0 bridgehead atoms. The van der Waals surface area contributed by atoms with Crippen LogP contribution in [0.2, 0.25) is 0 Å². The molecule has 0 amide bonds. The molecular formula is C16H23NO2S. The van der Waals surface area contributed by atoms with Gasteiger partial charge in [-0.2, -0.15) is 0 Å². The lowest BCUT2D eigenvalue weighted by Gasteiger charge is -2.26. The standard InChI is InChI=1S/C16H23NO2S/c1-16(15(18)19,17-13-9-10-13)11-5-6-12-20-14-7-3-2-4-8-14/h2-4,7-8,13,17H,5-6,9-12H2,1H3,(H,18,19). The molecule has 1 saturated carbocycles. The lowest BCUT2D eigenvalue weighted by atomic mass is 9.95. The van der Waals surface area contributed by atoms with Crippen molar-refractivity contribution in [2.75, 3.05) is 5.75 Å². The van der Waals surface area contributed by atoms with Crippen LogP contribution < -0.4 is 5.32 Å². The largest absolute Gasteiger partial charge is 0.480 e. The van der Waals surface area contributed by atoms with E-state index in [1.165, 1.54) is 4.90 Å². The molecule has 4 heteroatoms. The lowest BCUT2D eigenvalue weighted by molar-refractivity contribution is -0.144. The van der Waals surface area contributed by atoms with E-state index in [0.717, 1.165) is 31.4 Å². The summed E-state index contributed by atoms with van der Waals surface area (Å²) in [5.74, 6) is 0.323. The van der Waals surface area contributed by atoms with E-state index < -0.39 is 11.5 Å². The van der Waals surface area contributed by atoms with Crippen molar-refractivity contribution in [3.05, 3.63) is 30.3 Å². The van der Waals surface area contributed by atoms with E-state index in [9.17, 15) is 9.90 Å². The first kappa shape index (κ1) is 15.4. The highest BCUT2D eigenvalue weighted by molar-refractivity contribution is 7.99. The number of aliphatic carboxylic acids is 1. The average Bonchev–Trinajstić information content (AvgIpc) is 3.23. The maximum absolute atomic E-state index is 11.4. The van der Waals surface area contributed by atoms with E-state index >= 15 is 0 Å². The van der Waals surface area contributed by atoms with E-state index in [1.807, 2.05) is 36.9 Å². The van der Waals surface area contributed by atoms with Crippen LogP contribution in [0.1, 0.15) is 39.0 Å². The third kappa shape index (κ3) is 4.84. The zero-order chi connectivity index (χ0) is 14.4. The number of nitrogens with one attached hydrogen (secondary N) is 1. The van der Waals surface area contributed by atoms with Gasteiger partial charge in [0.1, 0.15) is 5.54 Å². The Hall–Kier alpha value is -1.00. The van der Waals surface area contributed by atoms with Crippen LogP contribution in [0.3, 0.4) is 0 Å². The summed E-state index contributed by atoms with van der Waals surface area (Å²) in [7, 11) is 0. The number of rotatable bonds is 9. The van der Waals surface area contributed by atoms with Crippen molar-refractivity contribution in [3.63, 3.8) is 0 Å². The second-order valence-electron chi connectivity index (χ2n) is 5.67. The molecule has 110 valence electrons. The van der Waals surface area contributed by atoms with Crippen LogP contribution in [0.5, 0.6) is 0 Å². The molecule has 2 N–H and O–H groups in total. The zero-order valence-corrected chi connectivity index (χ0v) is 12.8. The average molecular weight is 293 g/mol. The molecule has 0 heterocycles. The molecule has 20 heavy (non-hydrogen) atoms. The first-order valence-corrected chi connectivity index (χ1v) is 8.28. The Morgan fingerprint density at radius 1 is 1.35 bits per heavy atom. The fourth-order valence-corrected chi connectivity index (χ4v) is 3.14. The second-order valence-corrected chi connectivity index (χ2v) is 6.84. The van der Waals surface area contributed by atoms with Gasteiger partial charge in [-0.25, -0.2) is 0 Å². The topological polar surface area (TPSA) is 49.3 Å². The second kappa shape index (κ2) is 7.14. The van der Waals surface area contributed by atoms with E-state index in [2.05, 4.69) is 17.4 Å². The third-order valence-corrected chi connectivity index (χ3v) is 4.75. The molecular weight excluding hydrogens is 270 g/mol. The van der Waals surface area contributed by atoms with E-state index in [0.29, 0.717) is 12.5 Å². The van der Waals surface area contributed by atoms with Crippen LogP contribution in [-0.4, -0.2) is 28.4 Å². The predicted octanol–water partition coefficient (Wildman–Crippen LogP) is 3.54. The smallest absolute Gasteiger partial charge is 0.323 e. The monoisotopic (exact) mass is 293 g/mol. The lowest BCUT2D eigenvalue weighted by Crippen LogP contribution is -2.50. The summed E-state index contributed by atoms with van der Waals surface area (Å²) >= 11 is 1.84. The molecule has 1 unspecified atom stereocenters. The predicted molar refractivity (Wildman–Crippen MR) is 83.2 cm³/mol. The highest BCUT2D eigenvalue weighted by Gasteiger charge is 2.37. The Bertz CT molecular complexity index is 433. The van der Waals surface area contributed by atoms with Crippen molar-refractivity contribution in [1.82, 2.24) is 5.32 Å². The molecule has 3 nitrogen and oxygen atoms in total. The van der Waals surface area contributed by atoms with Gasteiger partial charge in [-0.3, -0.25) is 10.1 Å². The van der Waals surface area contributed by atoms with Crippen LogP contribution in [-0.2, 0) is 4.79 Å². The van der Waals surface area contributed by atoms with Crippen LogP contribution in [0, 0.1) is 0 Å². The molecule has 1 atom stereocenters. The minimum absolute atomic E-state index is 0.426. The summed E-state index contributed by atoms with van der Waals surface area (Å²) in [4.78, 5) is 12.7. The van der Waals surface area contributed by atoms with Crippen LogP contribution in [0.25, 0.3) is 0 Å². The van der Waals surface area contributed by atoms with Crippen molar-refractivity contribution in [2.45, 2.75) is 55.5 Å². The number of unbranched alkanes of at least 4 members (excludes halogenated alkanes) is 1. The van der Waals surface area contributed by atoms with Gasteiger partial charge in [0, 0.05) is 10.9 Å². The first-order valence-electron chi connectivity index (χ1n) is 7.29. The fraction of sp³-hybridized carbons (Fsp3) is 0.562. The molecule has 0 spiro atoms. The van der Waals surface area contributed by atoms with Gasteiger partial charge in [0.05, 0.1) is 0 Å². The van der Waals surface area contributed by atoms with Gasteiger partial charge in [0.15, 0.2) is 0 Å². The third-order valence-electron chi connectivity index (χ3n) is 3.66. The van der Waals surface area contributed by atoms with Crippen molar-refractivity contribution in [3.8, 4) is 0 Å². The van der Waals surface area contributed by atoms with E-state index in [4.69, 9.17) is 0 Å². The van der Waals surface area contributed by atoms with Gasteiger partial charge in [-0.1, -0.05) is 24.6 Å². The number of carboxylic acids is 1. The summed E-state index contributed by atoms with van der Waals surface area (Å²) in [6.07, 6.45) is 4.94. The highest BCUT2D eigenvalue weighted by atomic mass is 32.2. The summed E-state index contributed by atoms with van der Waals surface area (Å²) in [6.45, 7) is 1.82. The minimum Gasteiger partial charge on any atom is -0.480 e. The van der Waals surface area contributed by atoms with Gasteiger partial charge >= 0.3 is 5.97 Å². The fourth-order valence-electron chi connectivity index (χ4n) is 2.21. The van der Waals surface area contributed by atoms with Crippen LogP contribution >= 0.6 is 11.8 Å². The van der Waals surface area contributed by atoms with Gasteiger partial charge in [0.2, 0.25) is 0 Å². The van der Waals surface area contributed by atoms with E-state index in [-0.39, 0.29) is 0 Å². The van der Waals surface area contributed by atoms with Gasteiger partial charge < -0.3 is 5.11 Å². The van der Waals surface area contributed by atoms with Crippen LogP contribution in [0.4, 0.5) is 0 Å². The Kier molecular flexibility index (Phi) is 5.49. The number of hydrogen-bond donors (Lipinski definition) is 2. The van der Waals surface area contributed by atoms with Crippen molar-refractivity contribution < 1.29 is 9.90 Å². The number of benzene rings is 1. The molecule has 0 aliphatic heterocycles. The molecule has 0 saturated heterocycles. The number of carboxylic acid groups (broad SMARTS) is 1. The Balaban J connectivity index is 1.67. The Morgan fingerprint density at radius 3 is 2.65 bits per heavy atom. The van der Waals surface area contributed by atoms with Gasteiger partial charge in [0.25, 0.3) is 0 Å². The van der Waals surface area contributed by atoms with Crippen molar-refractivity contribution in [1.29, 1.82) is 0 Å². The first-order chi connectivity index (χ1) is 9.60. The molecule has 1 aromatic rings. The van der Waals surface area contributed by atoms with Crippen molar-refractivity contribution >= 4 is 17.7 Å². The highest BCUT2D eigenvalue weighted by Crippen LogP contribution is 2.26. The molecule has 0 radical (unpaired) electrons.